The maximum Gasteiger partial charge on any atom is 2.00 e. The number of hydrogen-bond acceptors (Lipinski definition) is 0. The Morgan fingerprint density at radius 3 is 0.158 bits per heavy atom. The van der Waals surface area contributed by atoms with E-state index < -0.39 is 0 Å². The van der Waals surface area contributed by atoms with Crippen molar-refractivity contribution in [2.45, 2.75) is 0 Å². The minimum absolute atomic E-state index is 0. The fourth-order valence-corrected chi connectivity index (χ4v) is 0. The minimum atomic E-state index is 0. The molecule has 0 saturated heterocycles. The van der Waals surface area contributed by atoms with E-state index in [1.165, 1.54) is 0 Å². The molecule has 0 fully saturated rings. The van der Waals surface area contributed by atoms with Gasteiger partial charge in [0, 0.05) is 0 Å². The van der Waals surface area contributed by atoms with Gasteiger partial charge in [0.2, 0.25) is 0 Å². The number of halogens is 6. The molecule has 100 valence electrons. The van der Waals surface area contributed by atoms with E-state index in [4.69, 9.17) is 0 Å². The summed E-state index contributed by atoms with van der Waals surface area (Å²) in [4.78, 5) is 0. The molecule has 0 N–H and O–H groups in total. The second-order valence-corrected chi connectivity index (χ2v) is 0. The molecule has 19 heavy (non-hydrogen) atoms. The number of hydrogen-bond donors (Lipinski definition) is 0. The first-order valence-corrected chi connectivity index (χ1v) is 0. The molecule has 0 unspecified atom stereocenters. The standard InChI is InChI=1S/13Ca.6ClH.26H/h;;;;;;;;;;;;;6*1H;;;;;;;;;;;;;;;;;;;;;;;;;;/q13*+2;;;;;;;26*-1. The van der Waals surface area contributed by atoms with Gasteiger partial charge in [0.1, 0.15) is 0 Å². The number of rotatable bonds is 0. The quantitative estimate of drug-likeness (QED) is 0.316. The summed E-state index contributed by atoms with van der Waals surface area (Å²) in [5, 5.41) is 0. The van der Waals surface area contributed by atoms with Gasteiger partial charge in [-0.05, 0) is 0 Å². The minimum Gasteiger partial charge on any atom is -1.00 e. The van der Waals surface area contributed by atoms with Crippen molar-refractivity contribution < 1.29 is 37.1 Å². The summed E-state index contributed by atoms with van der Waals surface area (Å²) in [6.45, 7) is 0. The summed E-state index contributed by atoms with van der Waals surface area (Å²) in [5.41, 5.74) is 0. The van der Waals surface area contributed by atoms with Gasteiger partial charge in [-0.25, -0.2) is 0 Å². The Hall–Kier alpha value is 18.1. The van der Waals surface area contributed by atoms with Gasteiger partial charge in [0.05, 0.1) is 0 Å². The van der Waals surface area contributed by atoms with Crippen LogP contribution in [0.3, 0.4) is 0 Å². The SMILES string of the molecule is Cl.Cl.Cl.Cl.Cl.Cl.[Ca+2].[Ca+2].[Ca+2].[Ca+2].[Ca+2].[Ca+2].[Ca+2].[Ca+2].[Ca+2].[Ca+2].[Ca+2].[Ca+2].[Ca+2].[H-].[H-].[H-].[H-].[H-].[H-].[H-].[H-].[H-].[H-].[H-].[H-].[H-].[H-].[H-].[H-].[H-].[H-].[H-].[H-].[H-].[H-].[H-].[H-].[H-].[H-]. The Balaban J connectivity index is 0. The van der Waals surface area contributed by atoms with E-state index in [1.807, 2.05) is 0 Å². The Kier molecular flexibility index (Phi) is 1050. The van der Waals surface area contributed by atoms with Crippen LogP contribution in [0.1, 0.15) is 37.1 Å². The van der Waals surface area contributed by atoms with Gasteiger partial charge >= 0.3 is 491 Å². The van der Waals surface area contributed by atoms with Crippen molar-refractivity contribution in [2.24, 2.45) is 0 Å². The molecule has 0 bridgehead atoms. The molecule has 19 heteroatoms. The van der Waals surface area contributed by atoms with E-state index in [0.29, 0.717) is 0 Å². The van der Waals surface area contributed by atoms with Gasteiger partial charge in [-0.2, -0.15) is 0 Å². The Morgan fingerprint density at radius 1 is 0.158 bits per heavy atom. The Labute approximate surface area is 582 Å². The van der Waals surface area contributed by atoms with Crippen LogP contribution in [0.25, 0.3) is 0 Å². The smallest absolute Gasteiger partial charge is 1.00 e. The first-order chi connectivity index (χ1) is 0. The van der Waals surface area contributed by atoms with Gasteiger partial charge in [0.15, 0.2) is 0 Å². The predicted molar refractivity (Wildman–Crippen MR) is 147 cm³/mol. The topological polar surface area (TPSA) is 0 Å². The van der Waals surface area contributed by atoms with Crippen LogP contribution in [-0.4, -0.2) is 491 Å². The van der Waals surface area contributed by atoms with Crippen LogP contribution >= 0.6 is 74.4 Å². The third kappa shape index (κ3) is 128. The van der Waals surface area contributed by atoms with Crippen molar-refractivity contribution in [1.29, 1.82) is 0 Å². The average molecular weight is 766 g/mol. The molecule has 0 nitrogen and oxygen atoms in total. The molecule has 0 aromatic rings. The maximum absolute atomic E-state index is 0. The predicted octanol–water partition coefficient (Wildman–Crippen LogP) is 0.505. The van der Waals surface area contributed by atoms with Crippen LogP contribution in [-0.2, 0) is 0 Å². The Morgan fingerprint density at radius 2 is 0.158 bits per heavy atom. The van der Waals surface area contributed by atoms with Gasteiger partial charge in [-0.15, -0.1) is 74.4 Å². The molecule has 0 saturated carbocycles. The second-order valence-electron chi connectivity index (χ2n) is 0. The van der Waals surface area contributed by atoms with Crippen molar-refractivity contribution in [1.82, 2.24) is 0 Å². The largest absolute Gasteiger partial charge is 2.00 e. The molecular formula is H32Ca13Cl6. The molecular weight excluding hydrogens is 734 g/mol. The second kappa shape index (κ2) is 136. The molecule has 0 spiro atoms. The zero-order chi connectivity index (χ0) is 0. The molecule has 0 atom stereocenters. The Bertz CT molecular complexity index is 61.3. The summed E-state index contributed by atoms with van der Waals surface area (Å²) in [5.74, 6) is 0. The van der Waals surface area contributed by atoms with Crippen LogP contribution in [0.15, 0.2) is 0 Å². The summed E-state index contributed by atoms with van der Waals surface area (Å²) in [7, 11) is 0. The molecule has 0 heterocycles. The van der Waals surface area contributed by atoms with Crippen LogP contribution < -0.4 is 0 Å². The summed E-state index contributed by atoms with van der Waals surface area (Å²) in [6, 6.07) is 0. The first-order valence-electron chi connectivity index (χ1n) is 0. The molecule has 0 aliphatic rings. The van der Waals surface area contributed by atoms with Crippen LogP contribution in [0.4, 0.5) is 0 Å². The van der Waals surface area contributed by atoms with Crippen molar-refractivity contribution >= 4 is 565 Å². The van der Waals surface area contributed by atoms with Crippen molar-refractivity contribution in [3.05, 3.63) is 0 Å². The van der Waals surface area contributed by atoms with E-state index in [9.17, 15) is 0 Å². The zero-order valence-electron chi connectivity index (χ0n) is 37.6. The first kappa shape index (κ1) is 148. The van der Waals surface area contributed by atoms with E-state index in [0.717, 1.165) is 0 Å². The molecule has 0 radical (unpaired) electrons. The van der Waals surface area contributed by atoms with Crippen molar-refractivity contribution in [3.63, 3.8) is 0 Å². The van der Waals surface area contributed by atoms with E-state index >= 15 is 0 Å². The third-order valence-corrected chi connectivity index (χ3v) is 0. The van der Waals surface area contributed by atoms with E-state index in [1.54, 1.807) is 0 Å². The molecule has 0 aromatic heterocycles. The molecule has 0 amide bonds. The van der Waals surface area contributed by atoms with Gasteiger partial charge in [-0.3, -0.25) is 0 Å². The van der Waals surface area contributed by atoms with Crippen LogP contribution in [0, 0.1) is 0 Å². The van der Waals surface area contributed by atoms with Gasteiger partial charge < -0.3 is 37.1 Å². The fourth-order valence-electron chi connectivity index (χ4n) is 0. The maximum atomic E-state index is 0. The van der Waals surface area contributed by atoms with Crippen LogP contribution in [0.5, 0.6) is 0 Å². The van der Waals surface area contributed by atoms with Gasteiger partial charge in [0.25, 0.3) is 0 Å². The molecule has 0 aliphatic carbocycles. The zero-order valence-corrected chi connectivity index (χ0v) is 45.2. The fraction of sp³-hybridized carbons (Fsp3) is 0. The van der Waals surface area contributed by atoms with Crippen LogP contribution in [0.2, 0.25) is 0 Å². The molecule has 0 aromatic carbocycles. The average Bonchev–Trinajstić information content (AvgIpc) is 0. The molecule has 0 aliphatic heterocycles. The van der Waals surface area contributed by atoms with Crippen molar-refractivity contribution in [2.75, 3.05) is 0 Å². The van der Waals surface area contributed by atoms with Gasteiger partial charge in [-0.1, -0.05) is 0 Å². The third-order valence-electron chi connectivity index (χ3n) is 0. The summed E-state index contributed by atoms with van der Waals surface area (Å²) in [6.07, 6.45) is 0. The summed E-state index contributed by atoms with van der Waals surface area (Å²) < 4.78 is 0. The molecule has 0 rings (SSSR count). The van der Waals surface area contributed by atoms with Crippen molar-refractivity contribution in [3.8, 4) is 0 Å². The van der Waals surface area contributed by atoms with E-state index in [2.05, 4.69) is 0 Å². The summed E-state index contributed by atoms with van der Waals surface area (Å²) >= 11 is 0. The van der Waals surface area contributed by atoms with E-state index in [-0.39, 0.29) is 602 Å². The normalized spacial score (nSPS) is 0. The monoisotopic (exact) mass is 762 g/mol.